The Kier molecular flexibility index (Phi) is 4.66. The average molecular weight is 216 g/mol. The lowest BCUT2D eigenvalue weighted by Gasteiger charge is -2.01. The molecule has 4 nitrogen and oxygen atoms in total. The van der Waals surface area contributed by atoms with Gasteiger partial charge in [-0.1, -0.05) is 0 Å². The number of nitrogens with one attached hydrogen (secondary N) is 1. The zero-order valence-electron chi connectivity index (χ0n) is 7.48. The van der Waals surface area contributed by atoms with Gasteiger partial charge in [-0.15, -0.1) is 12.4 Å². The number of esters is 1. The predicted octanol–water partition coefficient (Wildman–Crippen LogP) is 1.35. The molecule has 0 aliphatic heterocycles. The van der Waals surface area contributed by atoms with Gasteiger partial charge >= 0.3 is 5.97 Å². The van der Waals surface area contributed by atoms with Crippen molar-refractivity contribution in [1.29, 1.82) is 5.41 Å². The summed E-state index contributed by atoms with van der Waals surface area (Å²) < 4.78 is 4.37. The maximum Gasteiger partial charge on any atom is 0.356 e. The largest absolute Gasteiger partial charge is 0.508 e. The molecule has 0 saturated heterocycles. The molecule has 1 rings (SSSR count). The number of phenols is 1. The maximum absolute atomic E-state index is 10.9. The van der Waals surface area contributed by atoms with Crippen molar-refractivity contribution in [2.24, 2.45) is 0 Å². The van der Waals surface area contributed by atoms with Gasteiger partial charge in [-0.2, -0.15) is 0 Å². The van der Waals surface area contributed by atoms with E-state index in [2.05, 4.69) is 4.74 Å². The van der Waals surface area contributed by atoms with Gasteiger partial charge in [0.15, 0.2) is 0 Å². The molecule has 0 spiro atoms. The molecular weight excluding hydrogens is 206 g/mol. The van der Waals surface area contributed by atoms with E-state index in [9.17, 15) is 4.79 Å². The minimum absolute atomic E-state index is 0. The number of hydrogen-bond donors (Lipinski definition) is 2. The second-order valence-electron chi connectivity index (χ2n) is 2.41. The second kappa shape index (κ2) is 5.24. The summed E-state index contributed by atoms with van der Waals surface area (Å²) >= 11 is 0. The van der Waals surface area contributed by atoms with Crippen LogP contribution in [0.5, 0.6) is 5.75 Å². The van der Waals surface area contributed by atoms with Crippen LogP contribution in [0.4, 0.5) is 0 Å². The summed E-state index contributed by atoms with van der Waals surface area (Å²) in [5.41, 5.74) is 0.201. The van der Waals surface area contributed by atoms with E-state index in [1.165, 1.54) is 31.4 Å². The molecule has 1 aromatic rings. The maximum atomic E-state index is 10.9. The first-order valence-electron chi connectivity index (χ1n) is 3.61. The Bertz CT molecular complexity index is 334. The van der Waals surface area contributed by atoms with Crippen LogP contribution in [0, 0.1) is 5.41 Å². The molecule has 0 unspecified atom stereocenters. The van der Waals surface area contributed by atoms with Crippen LogP contribution in [0.1, 0.15) is 5.56 Å². The van der Waals surface area contributed by atoms with Gasteiger partial charge in [-0.25, -0.2) is 4.79 Å². The third-order valence-corrected chi connectivity index (χ3v) is 1.55. The SMILES string of the molecule is COC(=O)C(=N)c1ccc(O)cc1.Cl. The van der Waals surface area contributed by atoms with Gasteiger partial charge in [0.2, 0.25) is 0 Å². The summed E-state index contributed by atoms with van der Waals surface area (Å²) in [7, 11) is 1.22. The van der Waals surface area contributed by atoms with E-state index in [4.69, 9.17) is 10.5 Å². The topological polar surface area (TPSA) is 70.4 Å². The second-order valence-corrected chi connectivity index (χ2v) is 2.41. The van der Waals surface area contributed by atoms with Gasteiger partial charge < -0.3 is 9.84 Å². The molecule has 0 aliphatic carbocycles. The summed E-state index contributed by atoms with van der Waals surface area (Å²) in [4.78, 5) is 10.9. The molecule has 0 bridgehead atoms. The summed E-state index contributed by atoms with van der Waals surface area (Å²) in [6.07, 6.45) is 0. The highest BCUT2D eigenvalue weighted by Gasteiger charge is 2.10. The molecule has 0 amide bonds. The molecule has 0 heterocycles. The van der Waals surface area contributed by atoms with Crippen LogP contribution in [0.25, 0.3) is 0 Å². The van der Waals surface area contributed by atoms with Crippen LogP contribution in [0.15, 0.2) is 24.3 Å². The first-order chi connectivity index (χ1) is 6.15. The Labute approximate surface area is 87.4 Å². The van der Waals surface area contributed by atoms with Crippen LogP contribution in [-0.2, 0) is 9.53 Å². The molecule has 0 aromatic heterocycles. The van der Waals surface area contributed by atoms with Gasteiger partial charge in [0.05, 0.1) is 7.11 Å². The summed E-state index contributed by atoms with van der Waals surface area (Å²) in [6, 6.07) is 5.78. The van der Waals surface area contributed by atoms with Crippen molar-refractivity contribution in [2.45, 2.75) is 0 Å². The van der Waals surface area contributed by atoms with E-state index >= 15 is 0 Å². The molecule has 5 heteroatoms. The van der Waals surface area contributed by atoms with Gasteiger partial charge in [0.1, 0.15) is 11.5 Å². The van der Waals surface area contributed by atoms with Crippen molar-refractivity contribution in [2.75, 3.05) is 7.11 Å². The van der Waals surface area contributed by atoms with Gasteiger partial charge in [0, 0.05) is 5.56 Å². The number of carbonyl (C=O) groups is 1. The fourth-order valence-corrected chi connectivity index (χ4v) is 0.848. The van der Waals surface area contributed by atoms with Crippen molar-refractivity contribution >= 4 is 24.1 Å². The molecule has 0 fully saturated rings. The molecule has 0 radical (unpaired) electrons. The fraction of sp³-hybridized carbons (Fsp3) is 0.111. The highest BCUT2D eigenvalue weighted by atomic mass is 35.5. The highest BCUT2D eigenvalue weighted by molar-refractivity contribution is 6.41. The van der Waals surface area contributed by atoms with Gasteiger partial charge in [-0.3, -0.25) is 5.41 Å². The van der Waals surface area contributed by atoms with E-state index < -0.39 is 5.97 Å². The van der Waals surface area contributed by atoms with Crippen LogP contribution < -0.4 is 0 Å². The van der Waals surface area contributed by atoms with E-state index in [-0.39, 0.29) is 23.9 Å². The molecule has 0 aliphatic rings. The Morgan fingerprint density at radius 3 is 2.29 bits per heavy atom. The van der Waals surface area contributed by atoms with Gasteiger partial charge in [0.25, 0.3) is 0 Å². The number of methoxy groups -OCH3 is 1. The predicted molar refractivity (Wildman–Crippen MR) is 54.2 cm³/mol. The third-order valence-electron chi connectivity index (χ3n) is 1.55. The number of carbonyl (C=O) groups excluding carboxylic acids is 1. The number of benzene rings is 1. The standard InChI is InChI=1S/C9H9NO3.ClH/c1-13-9(12)8(10)6-2-4-7(11)5-3-6;/h2-5,10-11H,1H3;1H. The number of phenolic OH excluding ortho intramolecular Hbond substituents is 1. The molecular formula is C9H10ClNO3. The van der Waals surface area contributed by atoms with E-state index in [1.54, 1.807) is 0 Å². The molecule has 1 aromatic carbocycles. The lowest BCUT2D eigenvalue weighted by Crippen LogP contribution is -2.15. The average Bonchev–Trinajstić information content (AvgIpc) is 2.17. The van der Waals surface area contributed by atoms with Crippen LogP contribution in [0.2, 0.25) is 0 Å². The highest BCUT2D eigenvalue weighted by Crippen LogP contribution is 2.10. The summed E-state index contributed by atoms with van der Waals surface area (Å²) in [6.45, 7) is 0. The quantitative estimate of drug-likeness (QED) is 0.578. The van der Waals surface area contributed by atoms with E-state index in [0.29, 0.717) is 5.56 Å². The fourth-order valence-electron chi connectivity index (χ4n) is 0.848. The zero-order chi connectivity index (χ0) is 9.84. The Morgan fingerprint density at radius 1 is 1.36 bits per heavy atom. The molecule has 2 N–H and O–H groups in total. The van der Waals surface area contributed by atoms with Crippen LogP contribution in [-0.4, -0.2) is 23.9 Å². The minimum Gasteiger partial charge on any atom is -0.508 e. The van der Waals surface area contributed by atoms with Crippen molar-refractivity contribution in [3.05, 3.63) is 29.8 Å². The van der Waals surface area contributed by atoms with E-state index in [0.717, 1.165) is 0 Å². The lowest BCUT2D eigenvalue weighted by atomic mass is 10.1. The van der Waals surface area contributed by atoms with Crippen molar-refractivity contribution in [1.82, 2.24) is 0 Å². The zero-order valence-corrected chi connectivity index (χ0v) is 8.30. The van der Waals surface area contributed by atoms with Crippen molar-refractivity contribution < 1.29 is 14.6 Å². The van der Waals surface area contributed by atoms with Crippen LogP contribution >= 0.6 is 12.4 Å². The number of hydrogen-bond acceptors (Lipinski definition) is 4. The number of aromatic hydroxyl groups is 1. The first kappa shape index (κ1) is 12.4. The number of halogens is 1. The summed E-state index contributed by atoms with van der Waals surface area (Å²) in [5.74, 6) is -0.591. The monoisotopic (exact) mass is 215 g/mol. The Balaban J connectivity index is 0.00000169. The van der Waals surface area contributed by atoms with E-state index in [1.807, 2.05) is 0 Å². The smallest absolute Gasteiger partial charge is 0.356 e. The molecule has 76 valence electrons. The minimum atomic E-state index is -0.689. The lowest BCUT2D eigenvalue weighted by molar-refractivity contribution is -0.132. The summed E-state index contributed by atoms with van der Waals surface area (Å²) in [5, 5.41) is 16.3. The molecule has 0 saturated carbocycles. The Hall–Kier alpha value is -1.55. The third kappa shape index (κ3) is 2.74. The van der Waals surface area contributed by atoms with Crippen molar-refractivity contribution in [3.8, 4) is 5.75 Å². The number of rotatable bonds is 2. The number of ether oxygens (including phenoxy) is 1. The van der Waals surface area contributed by atoms with Crippen LogP contribution in [0.3, 0.4) is 0 Å². The molecule has 0 atom stereocenters. The normalized spacial score (nSPS) is 8.64. The Morgan fingerprint density at radius 2 is 1.86 bits per heavy atom. The molecule has 14 heavy (non-hydrogen) atoms. The van der Waals surface area contributed by atoms with Crippen molar-refractivity contribution in [3.63, 3.8) is 0 Å². The van der Waals surface area contributed by atoms with Gasteiger partial charge in [-0.05, 0) is 24.3 Å². The first-order valence-corrected chi connectivity index (χ1v) is 3.61.